The van der Waals surface area contributed by atoms with Crippen LogP contribution in [0.3, 0.4) is 0 Å². The molecule has 0 heterocycles. The van der Waals surface area contributed by atoms with Crippen LogP contribution in [0.1, 0.15) is 12.5 Å². The molecule has 0 amide bonds. The number of benzene rings is 4. The van der Waals surface area contributed by atoms with Gasteiger partial charge in [-0.1, -0.05) is 54.6 Å². The lowest BCUT2D eigenvalue weighted by Crippen LogP contribution is -2.39. The Morgan fingerprint density at radius 1 is 0.870 bits per heavy atom. The third kappa shape index (κ3) is 1.94. The van der Waals surface area contributed by atoms with Crippen LogP contribution in [-0.4, -0.2) is 28.0 Å². The summed E-state index contributed by atoms with van der Waals surface area (Å²) in [6.07, 6.45) is -1.24. The number of hydrogen-bond acceptors (Lipinski definition) is 3. The highest BCUT2D eigenvalue weighted by atomic mass is 16.4. The Morgan fingerprint density at radius 3 is 2.09 bits per heavy atom. The van der Waals surface area contributed by atoms with Gasteiger partial charge in [-0.3, -0.25) is 0 Å². The van der Waals surface area contributed by atoms with E-state index in [1.54, 1.807) is 6.92 Å². The van der Waals surface area contributed by atoms with Gasteiger partial charge in [0, 0.05) is 0 Å². The molecule has 0 saturated carbocycles. The predicted molar refractivity (Wildman–Crippen MR) is 92.8 cm³/mol. The minimum absolute atomic E-state index is 0.491. The van der Waals surface area contributed by atoms with Gasteiger partial charge in [-0.15, -0.1) is 0 Å². The van der Waals surface area contributed by atoms with Crippen LogP contribution in [-0.2, 0) is 5.60 Å². The lowest BCUT2D eigenvalue weighted by molar-refractivity contribution is -0.0869. The van der Waals surface area contributed by atoms with E-state index in [0.717, 1.165) is 26.9 Å². The lowest BCUT2D eigenvalue weighted by Gasteiger charge is -2.30. The van der Waals surface area contributed by atoms with Gasteiger partial charge in [-0.05, 0) is 44.8 Å². The fraction of sp³-hybridized carbons (Fsp3) is 0.200. The molecule has 0 fully saturated rings. The van der Waals surface area contributed by atoms with Crippen molar-refractivity contribution >= 4 is 32.3 Å². The monoisotopic (exact) mass is 306 g/mol. The van der Waals surface area contributed by atoms with Crippen LogP contribution in [0.2, 0.25) is 0 Å². The van der Waals surface area contributed by atoms with Crippen LogP contribution < -0.4 is 0 Å². The average Bonchev–Trinajstić information content (AvgIpc) is 2.58. The van der Waals surface area contributed by atoms with Crippen molar-refractivity contribution in [2.45, 2.75) is 18.6 Å². The largest absolute Gasteiger partial charge is 0.394 e. The molecule has 0 bridgehead atoms. The maximum Gasteiger partial charge on any atom is 0.115 e. The Balaban J connectivity index is 2.16. The van der Waals surface area contributed by atoms with Crippen molar-refractivity contribution in [1.82, 2.24) is 0 Å². The Bertz CT molecular complexity index is 988. The zero-order valence-electron chi connectivity index (χ0n) is 12.8. The molecule has 3 heteroatoms. The quantitative estimate of drug-likeness (QED) is 0.510. The summed E-state index contributed by atoms with van der Waals surface area (Å²) in [5.74, 6) is 0. The second-order valence-corrected chi connectivity index (χ2v) is 6.32. The molecule has 116 valence electrons. The van der Waals surface area contributed by atoms with Gasteiger partial charge < -0.3 is 15.3 Å². The molecule has 4 aromatic carbocycles. The van der Waals surface area contributed by atoms with Crippen molar-refractivity contribution in [3.63, 3.8) is 0 Å². The Labute approximate surface area is 133 Å². The smallest absolute Gasteiger partial charge is 0.115 e. The van der Waals surface area contributed by atoms with Gasteiger partial charge >= 0.3 is 0 Å². The molecule has 0 aliphatic heterocycles. The summed E-state index contributed by atoms with van der Waals surface area (Å²) in [5, 5.41) is 36.6. The molecule has 23 heavy (non-hydrogen) atoms. The molecule has 0 spiro atoms. The summed E-state index contributed by atoms with van der Waals surface area (Å²) >= 11 is 0. The Hall–Kier alpha value is -2.20. The zero-order chi connectivity index (χ0) is 16.2. The first-order valence-corrected chi connectivity index (χ1v) is 7.72. The third-order valence-corrected chi connectivity index (χ3v) is 4.90. The molecule has 2 unspecified atom stereocenters. The fourth-order valence-electron chi connectivity index (χ4n) is 3.53. The van der Waals surface area contributed by atoms with Crippen LogP contribution in [0.4, 0.5) is 0 Å². The first kappa shape index (κ1) is 14.4. The van der Waals surface area contributed by atoms with Crippen LogP contribution >= 0.6 is 0 Å². The van der Waals surface area contributed by atoms with Gasteiger partial charge in [0.25, 0.3) is 0 Å². The van der Waals surface area contributed by atoms with E-state index < -0.39 is 18.3 Å². The van der Waals surface area contributed by atoms with Crippen LogP contribution in [0.15, 0.2) is 54.6 Å². The van der Waals surface area contributed by atoms with Crippen molar-refractivity contribution in [2.75, 3.05) is 6.61 Å². The number of aliphatic hydroxyl groups excluding tert-OH is 2. The van der Waals surface area contributed by atoms with Gasteiger partial charge in [-0.2, -0.15) is 0 Å². The highest BCUT2D eigenvalue weighted by molar-refractivity contribution is 6.23. The average molecular weight is 306 g/mol. The molecule has 4 aromatic rings. The highest BCUT2D eigenvalue weighted by Gasteiger charge is 2.33. The molecular formula is C20H18O3. The Morgan fingerprint density at radius 2 is 1.43 bits per heavy atom. The van der Waals surface area contributed by atoms with Crippen LogP contribution in [0, 0.1) is 0 Å². The van der Waals surface area contributed by atoms with E-state index in [-0.39, 0.29) is 0 Å². The standard InChI is InChI=1S/C20H18O3/c1-20(23,17(22)11-21)16-10-8-14-6-5-12-3-2-4-13-7-9-15(16)19(14)18(12)13/h2-10,17,21-23H,11H2,1H3. The first-order chi connectivity index (χ1) is 11.0. The molecule has 0 aliphatic carbocycles. The molecule has 3 N–H and O–H groups in total. The minimum Gasteiger partial charge on any atom is -0.394 e. The predicted octanol–water partition coefficient (Wildman–Crippen LogP) is 3.14. The van der Waals surface area contributed by atoms with Crippen LogP contribution in [0.5, 0.6) is 0 Å². The van der Waals surface area contributed by atoms with Gasteiger partial charge in [-0.25, -0.2) is 0 Å². The number of aliphatic hydroxyl groups is 3. The van der Waals surface area contributed by atoms with Gasteiger partial charge in [0.1, 0.15) is 11.7 Å². The molecule has 0 aliphatic rings. The first-order valence-electron chi connectivity index (χ1n) is 7.72. The van der Waals surface area contributed by atoms with Gasteiger partial charge in [0.2, 0.25) is 0 Å². The summed E-state index contributed by atoms with van der Waals surface area (Å²) in [6.45, 7) is 1.05. The SMILES string of the molecule is CC(O)(c1ccc2ccc3cccc4ccc1c2c34)C(O)CO. The second-order valence-electron chi connectivity index (χ2n) is 6.32. The van der Waals surface area contributed by atoms with Gasteiger partial charge in [0.15, 0.2) is 0 Å². The van der Waals surface area contributed by atoms with E-state index in [2.05, 4.69) is 24.3 Å². The number of hydrogen-bond donors (Lipinski definition) is 3. The van der Waals surface area contributed by atoms with Crippen LogP contribution in [0.25, 0.3) is 32.3 Å². The third-order valence-electron chi connectivity index (χ3n) is 4.90. The summed E-state index contributed by atoms with van der Waals surface area (Å²) in [4.78, 5) is 0. The number of rotatable bonds is 3. The molecule has 0 radical (unpaired) electrons. The molecule has 0 aromatic heterocycles. The fourth-order valence-corrected chi connectivity index (χ4v) is 3.53. The molecule has 3 nitrogen and oxygen atoms in total. The lowest BCUT2D eigenvalue weighted by atomic mass is 9.83. The van der Waals surface area contributed by atoms with E-state index in [1.807, 2.05) is 30.3 Å². The van der Waals surface area contributed by atoms with E-state index in [9.17, 15) is 15.3 Å². The summed E-state index contributed by atoms with van der Waals surface area (Å²) in [5.41, 5.74) is -0.887. The molecule has 2 atom stereocenters. The topological polar surface area (TPSA) is 60.7 Å². The maximum atomic E-state index is 10.8. The Kier molecular flexibility index (Phi) is 3.07. The highest BCUT2D eigenvalue weighted by Crippen LogP contribution is 2.39. The second kappa shape index (κ2) is 4.90. The van der Waals surface area contributed by atoms with Crippen molar-refractivity contribution in [3.05, 3.63) is 60.2 Å². The van der Waals surface area contributed by atoms with Crippen molar-refractivity contribution in [1.29, 1.82) is 0 Å². The van der Waals surface area contributed by atoms with Gasteiger partial charge in [0.05, 0.1) is 6.61 Å². The summed E-state index contributed by atoms with van der Waals surface area (Å²) in [6, 6.07) is 18.2. The van der Waals surface area contributed by atoms with Crippen molar-refractivity contribution < 1.29 is 15.3 Å². The maximum absolute atomic E-state index is 10.8. The van der Waals surface area contributed by atoms with Crippen molar-refractivity contribution in [3.8, 4) is 0 Å². The van der Waals surface area contributed by atoms with Crippen molar-refractivity contribution in [2.24, 2.45) is 0 Å². The molecule has 0 saturated heterocycles. The normalized spacial score (nSPS) is 16.2. The minimum atomic E-state index is -1.52. The van der Waals surface area contributed by atoms with E-state index >= 15 is 0 Å². The van der Waals surface area contributed by atoms with E-state index in [0.29, 0.717) is 5.56 Å². The summed E-state index contributed by atoms with van der Waals surface area (Å²) < 4.78 is 0. The van der Waals surface area contributed by atoms with E-state index in [1.165, 1.54) is 5.39 Å². The van der Waals surface area contributed by atoms with E-state index in [4.69, 9.17) is 0 Å². The molecular weight excluding hydrogens is 288 g/mol. The molecule has 4 rings (SSSR count). The summed E-state index contributed by atoms with van der Waals surface area (Å²) in [7, 11) is 0. The zero-order valence-corrected chi connectivity index (χ0v) is 12.8.